The molecule has 2 bridgehead atoms. The fourth-order valence-corrected chi connectivity index (χ4v) is 2.25. The monoisotopic (exact) mass is 156 g/mol. The molecule has 64 valence electrons. The zero-order valence-electron chi connectivity index (χ0n) is 7.16. The lowest BCUT2D eigenvalue weighted by Crippen LogP contribution is -2.56. The van der Waals surface area contributed by atoms with E-state index in [0.29, 0.717) is 17.9 Å². The molecule has 2 aliphatic heterocycles. The third kappa shape index (κ3) is 1.09. The van der Waals surface area contributed by atoms with Crippen molar-refractivity contribution in [1.82, 2.24) is 0 Å². The Balaban J connectivity index is 2.01. The van der Waals surface area contributed by atoms with Crippen LogP contribution in [0.25, 0.3) is 0 Å². The van der Waals surface area contributed by atoms with Crippen molar-refractivity contribution in [2.75, 3.05) is 0 Å². The van der Waals surface area contributed by atoms with Crippen LogP contribution in [0.3, 0.4) is 0 Å². The van der Waals surface area contributed by atoms with Crippen LogP contribution in [0, 0.1) is 11.8 Å². The van der Waals surface area contributed by atoms with E-state index in [-0.39, 0.29) is 12.2 Å². The van der Waals surface area contributed by atoms with Gasteiger partial charge >= 0.3 is 0 Å². The summed E-state index contributed by atoms with van der Waals surface area (Å²) in [6, 6.07) is 0. The molecule has 1 aliphatic carbocycles. The second-order valence-electron chi connectivity index (χ2n) is 4.17. The van der Waals surface area contributed by atoms with Gasteiger partial charge in [-0.05, 0) is 18.3 Å². The number of hydrogen-bond acceptors (Lipinski definition) is 2. The Labute approximate surface area is 67.6 Å². The maximum absolute atomic E-state index is 9.72. The molecule has 11 heavy (non-hydrogen) atoms. The summed E-state index contributed by atoms with van der Waals surface area (Å²) in [6.45, 7) is 4.36. The van der Waals surface area contributed by atoms with Crippen LogP contribution in [0.1, 0.15) is 26.7 Å². The molecule has 1 N–H and O–H groups in total. The second kappa shape index (κ2) is 2.46. The Bertz CT molecular complexity index is 150. The van der Waals surface area contributed by atoms with Crippen molar-refractivity contribution in [2.24, 2.45) is 11.8 Å². The van der Waals surface area contributed by atoms with Crippen molar-refractivity contribution in [3.63, 3.8) is 0 Å². The first-order valence-corrected chi connectivity index (χ1v) is 4.52. The number of aliphatic hydroxyl groups excluding tert-OH is 1. The van der Waals surface area contributed by atoms with Crippen LogP contribution < -0.4 is 0 Å². The minimum absolute atomic E-state index is 0.168. The summed E-state index contributed by atoms with van der Waals surface area (Å²) in [5.41, 5.74) is 0. The molecule has 0 aromatic rings. The van der Waals surface area contributed by atoms with Gasteiger partial charge in [-0.15, -0.1) is 0 Å². The van der Waals surface area contributed by atoms with Gasteiger partial charge in [0, 0.05) is 6.42 Å². The predicted octanol–water partition coefficient (Wildman–Crippen LogP) is 1.18. The normalized spacial score (nSPS) is 49.1. The lowest BCUT2D eigenvalue weighted by molar-refractivity contribution is -0.234. The van der Waals surface area contributed by atoms with Gasteiger partial charge in [0.1, 0.15) is 0 Å². The molecule has 2 heteroatoms. The van der Waals surface area contributed by atoms with Crippen LogP contribution in [0.5, 0.6) is 0 Å². The fourth-order valence-electron chi connectivity index (χ4n) is 2.25. The molecule has 2 heterocycles. The summed E-state index contributed by atoms with van der Waals surface area (Å²) in [5, 5.41) is 9.72. The topological polar surface area (TPSA) is 29.5 Å². The largest absolute Gasteiger partial charge is 0.390 e. The minimum atomic E-state index is -0.194. The molecule has 4 atom stereocenters. The number of fused-ring (bicyclic) bond motifs is 2. The summed E-state index contributed by atoms with van der Waals surface area (Å²) >= 11 is 0. The molecule has 3 aliphatic rings. The van der Waals surface area contributed by atoms with E-state index in [1.165, 1.54) is 0 Å². The maximum Gasteiger partial charge on any atom is 0.0865 e. The highest BCUT2D eigenvalue weighted by atomic mass is 16.5. The quantitative estimate of drug-likeness (QED) is 0.617. The van der Waals surface area contributed by atoms with Gasteiger partial charge in [-0.1, -0.05) is 13.8 Å². The van der Waals surface area contributed by atoms with E-state index in [2.05, 4.69) is 13.8 Å². The van der Waals surface area contributed by atoms with Crippen LogP contribution in [-0.2, 0) is 4.74 Å². The Kier molecular flexibility index (Phi) is 1.69. The van der Waals surface area contributed by atoms with E-state index in [4.69, 9.17) is 4.74 Å². The molecular weight excluding hydrogens is 140 g/mol. The van der Waals surface area contributed by atoms with Gasteiger partial charge in [0.2, 0.25) is 0 Å². The fraction of sp³-hybridized carbons (Fsp3) is 1.00. The second-order valence-corrected chi connectivity index (χ2v) is 4.17. The standard InChI is InChI=1S/C9H16O2/c1-5(2)7-3-6-4-8(11-6)9(7)10/h5-10H,3-4H2,1-2H3/t6-,7-,8-,9+/m0/s1. The van der Waals surface area contributed by atoms with Crippen LogP contribution in [0.2, 0.25) is 0 Å². The number of hydrogen-bond donors (Lipinski definition) is 1. The summed E-state index contributed by atoms with van der Waals surface area (Å²) in [4.78, 5) is 0. The molecule has 1 saturated carbocycles. The highest BCUT2D eigenvalue weighted by Crippen LogP contribution is 2.41. The van der Waals surface area contributed by atoms with Crippen molar-refractivity contribution in [2.45, 2.75) is 45.0 Å². The highest BCUT2D eigenvalue weighted by molar-refractivity contribution is 4.95. The van der Waals surface area contributed by atoms with Crippen LogP contribution >= 0.6 is 0 Å². The average molecular weight is 156 g/mol. The van der Waals surface area contributed by atoms with E-state index >= 15 is 0 Å². The van der Waals surface area contributed by atoms with Crippen molar-refractivity contribution >= 4 is 0 Å². The van der Waals surface area contributed by atoms with E-state index < -0.39 is 0 Å². The molecule has 3 fully saturated rings. The van der Waals surface area contributed by atoms with Gasteiger partial charge in [0.15, 0.2) is 0 Å². The molecule has 2 nitrogen and oxygen atoms in total. The van der Waals surface area contributed by atoms with Crippen LogP contribution in [0.15, 0.2) is 0 Å². The van der Waals surface area contributed by atoms with Gasteiger partial charge in [-0.3, -0.25) is 0 Å². The van der Waals surface area contributed by atoms with Crippen LogP contribution in [-0.4, -0.2) is 23.4 Å². The lowest BCUT2D eigenvalue weighted by atomic mass is 9.73. The highest BCUT2D eigenvalue weighted by Gasteiger charge is 2.46. The van der Waals surface area contributed by atoms with E-state index in [0.717, 1.165) is 12.8 Å². The first-order valence-electron chi connectivity index (χ1n) is 4.52. The zero-order valence-corrected chi connectivity index (χ0v) is 7.16. The molecule has 2 saturated heterocycles. The first-order chi connectivity index (χ1) is 5.18. The third-order valence-electron chi connectivity index (χ3n) is 3.07. The van der Waals surface area contributed by atoms with Gasteiger partial charge in [-0.25, -0.2) is 0 Å². The molecule has 0 amide bonds. The Hall–Kier alpha value is -0.0800. The van der Waals surface area contributed by atoms with Crippen molar-refractivity contribution in [3.8, 4) is 0 Å². The number of ether oxygens (including phenoxy) is 1. The summed E-state index contributed by atoms with van der Waals surface area (Å²) < 4.78 is 5.42. The number of aliphatic hydroxyl groups is 1. The van der Waals surface area contributed by atoms with Gasteiger partial charge in [0.25, 0.3) is 0 Å². The van der Waals surface area contributed by atoms with Gasteiger partial charge in [0.05, 0.1) is 18.3 Å². The van der Waals surface area contributed by atoms with E-state index in [9.17, 15) is 5.11 Å². The van der Waals surface area contributed by atoms with Crippen molar-refractivity contribution in [3.05, 3.63) is 0 Å². The molecule has 0 radical (unpaired) electrons. The molecule has 3 rings (SSSR count). The summed E-state index contributed by atoms with van der Waals surface area (Å²) in [6.07, 6.45) is 2.59. The molecule has 0 unspecified atom stereocenters. The SMILES string of the molecule is CC(C)[C@@H]1C[C@H]2C[C@H](O2)[C@@H]1O. The lowest BCUT2D eigenvalue weighted by Gasteiger charge is -2.49. The van der Waals surface area contributed by atoms with E-state index in [1.54, 1.807) is 0 Å². The molecule has 0 aromatic heterocycles. The van der Waals surface area contributed by atoms with Gasteiger partial charge in [-0.2, -0.15) is 0 Å². The molecule has 0 spiro atoms. The van der Waals surface area contributed by atoms with Crippen LogP contribution in [0.4, 0.5) is 0 Å². The zero-order chi connectivity index (χ0) is 8.01. The first kappa shape index (κ1) is 7.56. The van der Waals surface area contributed by atoms with Crippen molar-refractivity contribution < 1.29 is 9.84 Å². The van der Waals surface area contributed by atoms with Gasteiger partial charge < -0.3 is 9.84 Å². The summed E-state index contributed by atoms with van der Waals surface area (Å²) in [7, 11) is 0. The predicted molar refractivity (Wildman–Crippen MR) is 42.2 cm³/mol. The minimum Gasteiger partial charge on any atom is -0.390 e. The molecule has 0 aromatic carbocycles. The maximum atomic E-state index is 9.72. The Morgan fingerprint density at radius 1 is 1.36 bits per heavy atom. The Morgan fingerprint density at radius 3 is 2.36 bits per heavy atom. The number of rotatable bonds is 1. The smallest absolute Gasteiger partial charge is 0.0865 e. The molecular formula is C9H16O2. The van der Waals surface area contributed by atoms with E-state index in [1.807, 2.05) is 0 Å². The average Bonchev–Trinajstić information content (AvgIpc) is 1.84. The third-order valence-corrected chi connectivity index (χ3v) is 3.07. The van der Waals surface area contributed by atoms with Crippen molar-refractivity contribution in [1.29, 1.82) is 0 Å². The Morgan fingerprint density at radius 2 is 2.00 bits per heavy atom. The summed E-state index contributed by atoms with van der Waals surface area (Å²) in [5.74, 6) is 1.08.